The number of aliphatic imine (C=N–C) groups is 1. The van der Waals surface area contributed by atoms with Crippen LogP contribution in [0.3, 0.4) is 0 Å². The maximum absolute atomic E-state index is 6.23. The Labute approximate surface area is 87.6 Å². The standard InChI is InChI=1S/C9H15N3O3/c1-8(2)14-5-6(15-8)13-4-3-12-7(10)9(4,5)11/h4-6H,3,11H2,1-2H3,(H2,10,12)/t4-,5+,6-,9-/m1/s1. The number of nitrogens with zero attached hydrogens (tertiary/aromatic N) is 1. The summed E-state index contributed by atoms with van der Waals surface area (Å²) in [6.07, 6.45) is -1.00. The first-order valence-electron chi connectivity index (χ1n) is 5.04. The number of hydrogen-bond acceptors (Lipinski definition) is 6. The minimum absolute atomic E-state index is 0.219. The van der Waals surface area contributed by atoms with Crippen molar-refractivity contribution in [1.82, 2.24) is 0 Å². The van der Waals surface area contributed by atoms with E-state index in [-0.39, 0.29) is 12.2 Å². The molecule has 0 unspecified atom stereocenters. The molecule has 0 aromatic rings. The van der Waals surface area contributed by atoms with Crippen LogP contribution < -0.4 is 11.5 Å². The minimum atomic E-state index is -0.821. The predicted octanol–water partition coefficient (Wildman–Crippen LogP) is -1.07. The van der Waals surface area contributed by atoms with E-state index in [2.05, 4.69) is 4.99 Å². The molecule has 4 N–H and O–H groups in total. The Bertz CT molecular complexity index is 343. The highest BCUT2D eigenvalue weighted by Crippen LogP contribution is 2.43. The summed E-state index contributed by atoms with van der Waals surface area (Å²) >= 11 is 0. The van der Waals surface area contributed by atoms with E-state index in [0.29, 0.717) is 12.4 Å². The van der Waals surface area contributed by atoms with Gasteiger partial charge in [-0.05, 0) is 13.8 Å². The first kappa shape index (κ1) is 9.53. The van der Waals surface area contributed by atoms with Crippen molar-refractivity contribution < 1.29 is 14.2 Å². The number of amidine groups is 1. The molecule has 3 rings (SSSR count). The highest BCUT2D eigenvalue weighted by atomic mass is 16.8. The molecular weight excluding hydrogens is 198 g/mol. The summed E-state index contributed by atoms with van der Waals surface area (Å²) in [7, 11) is 0. The largest absolute Gasteiger partial charge is 0.386 e. The van der Waals surface area contributed by atoms with E-state index in [1.807, 2.05) is 13.8 Å². The zero-order valence-corrected chi connectivity index (χ0v) is 8.77. The van der Waals surface area contributed by atoms with Gasteiger partial charge in [-0.2, -0.15) is 0 Å². The molecule has 0 saturated carbocycles. The highest BCUT2D eigenvalue weighted by Gasteiger charge is 2.65. The highest BCUT2D eigenvalue weighted by molar-refractivity contribution is 5.93. The van der Waals surface area contributed by atoms with Crippen LogP contribution in [0.4, 0.5) is 0 Å². The average Bonchev–Trinajstić information content (AvgIpc) is 2.65. The third-order valence-corrected chi connectivity index (χ3v) is 3.23. The number of rotatable bonds is 0. The van der Waals surface area contributed by atoms with Crippen LogP contribution in [0, 0.1) is 0 Å². The molecule has 3 heterocycles. The molecule has 84 valence electrons. The molecule has 15 heavy (non-hydrogen) atoms. The van der Waals surface area contributed by atoms with Crippen molar-refractivity contribution in [2.45, 2.75) is 43.7 Å². The van der Waals surface area contributed by atoms with Crippen LogP contribution >= 0.6 is 0 Å². The Morgan fingerprint density at radius 1 is 1.40 bits per heavy atom. The van der Waals surface area contributed by atoms with Crippen molar-refractivity contribution in [2.75, 3.05) is 6.54 Å². The normalized spacial score (nSPS) is 51.4. The first-order valence-corrected chi connectivity index (χ1v) is 5.04. The third kappa shape index (κ3) is 1.05. The third-order valence-electron chi connectivity index (χ3n) is 3.23. The van der Waals surface area contributed by atoms with E-state index in [1.54, 1.807) is 0 Å². The molecule has 0 spiro atoms. The number of ether oxygens (including phenoxy) is 3. The van der Waals surface area contributed by atoms with Gasteiger partial charge in [-0.15, -0.1) is 0 Å². The van der Waals surface area contributed by atoms with Gasteiger partial charge in [0.25, 0.3) is 0 Å². The maximum atomic E-state index is 6.23. The molecule has 0 amide bonds. The summed E-state index contributed by atoms with van der Waals surface area (Å²) in [5.41, 5.74) is 11.2. The lowest BCUT2D eigenvalue weighted by molar-refractivity contribution is -0.206. The van der Waals surface area contributed by atoms with Gasteiger partial charge in [0.05, 0.1) is 6.54 Å². The van der Waals surface area contributed by atoms with Crippen molar-refractivity contribution in [3.05, 3.63) is 0 Å². The lowest BCUT2D eigenvalue weighted by Gasteiger charge is -2.29. The average molecular weight is 213 g/mol. The van der Waals surface area contributed by atoms with Gasteiger partial charge in [-0.1, -0.05) is 0 Å². The van der Waals surface area contributed by atoms with Crippen molar-refractivity contribution in [3.63, 3.8) is 0 Å². The van der Waals surface area contributed by atoms with Crippen LogP contribution in [-0.4, -0.2) is 42.2 Å². The molecule has 3 aliphatic rings. The van der Waals surface area contributed by atoms with Crippen molar-refractivity contribution in [3.8, 4) is 0 Å². The van der Waals surface area contributed by atoms with Gasteiger partial charge in [0.2, 0.25) is 0 Å². The summed E-state index contributed by atoms with van der Waals surface area (Å²) < 4.78 is 17.0. The fraction of sp³-hybridized carbons (Fsp3) is 0.889. The number of hydrogen-bond donors (Lipinski definition) is 2. The van der Waals surface area contributed by atoms with Gasteiger partial charge in [-0.3, -0.25) is 4.99 Å². The summed E-state index contributed by atoms with van der Waals surface area (Å²) in [5.74, 6) is -0.267. The number of fused-ring (bicyclic) bond motifs is 3. The SMILES string of the molecule is CC1(C)O[C@H]2O[C@@H]3CN=C(N)[C@]3(N)[C@H]2O1. The van der Waals surface area contributed by atoms with Gasteiger partial charge < -0.3 is 25.7 Å². The molecule has 0 aromatic carbocycles. The molecule has 0 aliphatic carbocycles. The minimum Gasteiger partial charge on any atom is -0.386 e. The maximum Gasteiger partial charge on any atom is 0.190 e. The Balaban J connectivity index is 1.96. The monoisotopic (exact) mass is 213 g/mol. The molecule has 2 saturated heterocycles. The smallest absolute Gasteiger partial charge is 0.190 e. The van der Waals surface area contributed by atoms with Gasteiger partial charge in [0.15, 0.2) is 12.1 Å². The molecule has 4 atom stereocenters. The van der Waals surface area contributed by atoms with Crippen LogP contribution in [0.5, 0.6) is 0 Å². The van der Waals surface area contributed by atoms with Crippen LogP contribution in [0.2, 0.25) is 0 Å². The zero-order valence-electron chi connectivity index (χ0n) is 8.77. The fourth-order valence-electron chi connectivity index (χ4n) is 2.43. The van der Waals surface area contributed by atoms with Gasteiger partial charge in [0.1, 0.15) is 23.6 Å². The predicted molar refractivity (Wildman–Crippen MR) is 52.1 cm³/mol. The molecular formula is C9H15N3O3. The summed E-state index contributed by atoms with van der Waals surface area (Å²) in [6.45, 7) is 4.15. The summed E-state index contributed by atoms with van der Waals surface area (Å²) in [4.78, 5) is 4.11. The van der Waals surface area contributed by atoms with E-state index in [0.717, 1.165) is 0 Å². The Kier molecular flexibility index (Phi) is 1.60. The Hall–Kier alpha value is -0.690. The quantitative estimate of drug-likeness (QED) is 0.534. The molecule has 6 heteroatoms. The second-order valence-corrected chi connectivity index (χ2v) is 4.71. The van der Waals surface area contributed by atoms with Crippen molar-refractivity contribution in [1.29, 1.82) is 0 Å². The first-order chi connectivity index (χ1) is 6.93. The molecule has 0 aromatic heterocycles. The molecule has 6 nitrogen and oxygen atoms in total. The van der Waals surface area contributed by atoms with E-state index < -0.39 is 17.6 Å². The molecule has 3 aliphatic heterocycles. The summed E-state index contributed by atoms with van der Waals surface area (Å²) in [5, 5.41) is 0. The molecule has 2 fully saturated rings. The summed E-state index contributed by atoms with van der Waals surface area (Å²) in [6, 6.07) is 0. The van der Waals surface area contributed by atoms with Crippen molar-refractivity contribution >= 4 is 5.84 Å². The van der Waals surface area contributed by atoms with Crippen molar-refractivity contribution in [2.24, 2.45) is 16.5 Å². The van der Waals surface area contributed by atoms with Crippen LogP contribution in [0.1, 0.15) is 13.8 Å². The van der Waals surface area contributed by atoms with E-state index >= 15 is 0 Å². The lowest BCUT2D eigenvalue weighted by atomic mass is 9.90. The van der Waals surface area contributed by atoms with Gasteiger partial charge in [-0.25, -0.2) is 0 Å². The van der Waals surface area contributed by atoms with E-state index in [4.69, 9.17) is 25.7 Å². The Morgan fingerprint density at radius 3 is 2.87 bits per heavy atom. The number of nitrogens with two attached hydrogens (primary N) is 2. The second kappa shape index (κ2) is 2.52. The molecule has 0 radical (unpaired) electrons. The zero-order chi connectivity index (χ0) is 10.8. The topological polar surface area (TPSA) is 92.1 Å². The Morgan fingerprint density at radius 2 is 2.13 bits per heavy atom. The fourth-order valence-corrected chi connectivity index (χ4v) is 2.43. The van der Waals surface area contributed by atoms with Gasteiger partial charge >= 0.3 is 0 Å². The molecule has 0 bridgehead atoms. The van der Waals surface area contributed by atoms with Crippen LogP contribution in [-0.2, 0) is 14.2 Å². The second-order valence-electron chi connectivity index (χ2n) is 4.71. The lowest BCUT2D eigenvalue weighted by Crippen LogP contribution is -2.62. The van der Waals surface area contributed by atoms with Crippen LogP contribution in [0.25, 0.3) is 0 Å². The van der Waals surface area contributed by atoms with E-state index in [9.17, 15) is 0 Å². The van der Waals surface area contributed by atoms with Crippen LogP contribution in [0.15, 0.2) is 4.99 Å². The van der Waals surface area contributed by atoms with Gasteiger partial charge in [0, 0.05) is 0 Å². The van der Waals surface area contributed by atoms with E-state index in [1.165, 1.54) is 0 Å².